The summed E-state index contributed by atoms with van der Waals surface area (Å²) < 4.78 is 11.1. The molecule has 5 amide bonds. The first kappa shape index (κ1) is 44.1. The summed E-state index contributed by atoms with van der Waals surface area (Å²) in [5.41, 5.74) is 4.08. The molecule has 0 aliphatic carbocycles. The van der Waals surface area contributed by atoms with Crippen LogP contribution in [-0.2, 0) is 46.3 Å². The van der Waals surface area contributed by atoms with Crippen LogP contribution in [-0.4, -0.2) is 109 Å². The summed E-state index contributed by atoms with van der Waals surface area (Å²) in [5.74, 6) is -1.93. The molecular formula is C42H61N7O7. The Balaban J connectivity index is 1.55. The summed E-state index contributed by atoms with van der Waals surface area (Å²) in [6.45, 7) is 14.0. The molecule has 2 aliphatic heterocycles. The molecule has 4 rings (SSSR count). The molecule has 14 heteroatoms. The van der Waals surface area contributed by atoms with Crippen molar-refractivity contribution < 1.29 is 33.4 Å². The highest BCUT2D eigenvalue weighted by Gasteiger charge is 2.48. The van der Waals surface area contributed by atoms with Gasteiger partial charge in [0.15, 0.2) is 0 Å². The first-order chi connectivity index (χ1) is 26.7. The molecule has 2 heterocycles. The number of hydrazone groups is 1. The van der Waals surface area contributed by atoms with Gasteiger partial charge < -0.3 is 30.7 Å². The Morgan fingerprint density at radius 2 is 1.25 bits per heavy atom. The first-order valence-corrected chi connectivity index (χ1v) is 19.8. The molecule has 2 aromatic carbocycles. The van der Waals surface area contributed by atoms with Gasteiger partial charge in [-0.05, 0) is 55.6 Å². The van der Waals surface area contributed by atoms with Crippen LogP contribution in [0.1, 0.15) is 71.9 Å². The normalized spacial score (nSPS) is 19.3. The lowest BCUT2D eigenvalue weighted by Crippen LogP contribution is -2.59. The van der Waals surface area contributed by atoms with E-state index in [9.17, 15) is 24.0 Å². The SMILES string of the molecule is CC(=O)N/N=C(/C(CC(C)C)NC(=O)[C@H](Cc1ccccc1)NC(=O)C(CC(C)C)NC(=O)[C@H](CCc1ccccc1)NC(=O)CN1CCOCC1)[C@@]1(C)CO1. The fraction of sp³-hybridized carbons (Fsp3) is 0.571. The number of benzene rings is 2. The van der Waals surface area contributed by atoms with E-state index in [1.807, 2.05) is 100 Å². The zero-order chi connectivity index (χ0) is 40.7. The number of epoxide rings is 1. The van der Waals surface area contributed by atoms with Crippen LogP contribution >= 0.6 is 0 Å². The van der Waals surface area contributed by atoms with Crippen LogP contribution in [0.25, 0.3) is 0 Å². The second-order valence-corrected chi connectivity index (χ2v) is 15.8. The van der Waals surface area contributed by atoms with Crippen LogP contribution < -0.4 is 26.7 Å². The molecular weight excluding hydrogens is 715 g/mol. The van der Waals surface area contributed by atoms with Crippen molar-refractivity contribution >= 4 is 35.2 Å². The summed E-state index contributed by atoms with van der Waals surface area (Å²) >= 11 is 0. The van der Waals surface area contributed by atoms with Gasteiger partial charge in [-0.15, -0.1) is 0 Å². The van der Waals surface area contributed by atoms with Gasteiger partial charge in [-0.1, -0.05) is 88.4 Å². The van der Waals surface area contributed by atoms with E-state index in [4.69, 9.17) is 9.47 Å². The van der Waals surface area contributed by atoms with Crippen molar-refractivity contribution in [3.63, 3.8) is 0 Å². The van der Waals surface area contributed by atoms with Crippen LogP contribution in [0.2, 0.25) is 0 Å². The number of carbonyl (C=O) groups excluding carboxylic acids is 5. The van der Waals surface area contributed by atoms with E-state index in [0.717, 1.165) is 11.1 Å². The molecule has 2 fully saturated rings. The largest absolute Gasteiger partial charge is 0.379 e. The molecule has 2 saturated heterocycles. The van der Waals surface area contributed by atoms with Gasteiger partial charge >= 0.3 is 0 Å². The van der Waals surface area contributed by atoms with Crippen LogP contribution in [0.5, 0.6) is 0 Å². The van der Waals surface area contributed by atoms with E-state index in [-0.39, 0.29) is 36.6 Å². The van der Waals surface area contributed by atoms with E-state index in [1.165, 1.54) is 6.92 Å². The fourth-order valence-corrected chi connectivity index (χ4v) is 6.68. The van der Waals surface area contributed by atoms with Crippen molar-refractivity contribution in [2.45, 2.75) is 103 Å². The Bertz CT molecular complexity index is 1630. The third kappa shape index (κ3) is 14.8. The number of hydrogen-bond donors (Lipinski definition) is 5. The molecule has 56 heavy (non-hydrogen) atoms. The molecule has 0 saturated carbocycles. The monoisotopic (exact) mass is 775 g/mol. The van der Waals surface area contributed by atoms with Crippen LogP contribution in [0.15, 0.2) is 65.8 Å². The predicted octanol–water partition coefficient (Wildman–Crippen LogP) is 2.51. The zero-order valence-electron chi connectivity index (χ0n) is 33.8. The van der Waals surface area contributed by atoms with Gasteiger partial charge in [-0.3, -0.25) is 28.9 Å². The topological polar surface area (TPSA) is 183 Å². The molecule has 0 spiro atoms. The van der Waals surface area contributed by atoms with Gasteiger partial charge in [0.05, 0.1) is 38.1 Å². The van der Waals surface area contributed by atoms with Gasteiger partial charge in [-0.25, -0.2) is 5.43 Å². The standard InChI is InChI=1S/C42H61N7O7/c1-28(2)23-34(38(42(6)27-56-42)48-47-30(5)50)44-41(54)36(25-32-15-11-8-12-16-32)46-40(53)35(24-29(3)4)45-39(52)33(18-17-31-13-9-7-10-14-31)43-37(51)26-49-19-21-55-22-20-49/h7-16,28-29,33-36H,17-27H2,1-6H3,(H,43,51)(H,44,54)(H,45,52)(H,46,53)(H,47,50)/b48-38-/t33-,34?,35?,36-,42+/m0/s1. The lowest BCUT2D eigenvalue weighted by atomic mass is 9.92. The molecule has 306 valence electrons. The van der Waals surface area contributed by atoms with Gasteiger partial charge in [0.25, 0.3) is 0 Å². The number of morpholine rings is 1. The minimum Gasteiger partial charge on any atom is -0.379 e. The highest BCUT2D eigenvalue weighted by atomic mass is 16.6. The van der Waals surface area contributed by atoms with Crippen molar-refractivity contribution in [2.75, 3.05) is 39.5 Å². The molecule has 0 radical (unpaired) electrons. The Labute approximate surface area is 331 Å². The predicted molar refractivity (Wildman–Crippen MR) is 214 cm³/mol. The lowest BCUT2D eigenvalue weighted by molar-refractivity contribution is -0.134. The number of ether oxygens (including phenoxy) is 2. The van der Waals surface area contributed by atoms with Crippen molar-refractivity contribution in [1.82, 2.24) is 31.6 Å². The quantitative estimate of drug-likeness (QED) is 0.0729. The molecule has 14 nitrogen and oxygen atoms in total. The molecule has 5 N–H and O–H groups in total. The summed E-state index contributed by atoms with van der Waals surface area (Å²) in [5, 5.41) is 16.3. The van der Waals surface area contributed by atoms with E-state index >= 15 is 0 Å². The molecule has 2 aliphatic rings. The maximum atomic E-state index is 14.3. The van der Waals surface area contributed by atoms with E-state index in [0.29, 0.717) is 64.3 Å². The average Bonchev–Trinajstić information content (AvgIpc) is 3.90. The summed E-state index contributed by atoms with van der Waals surface area (Å²) in [4.78, 5) is 69.7. The molecule has 5 atom stereocenters. The number of nitrogens with one attached hydrogen (secondary N) is 5. The zero-order valence-corrected chi connectivity index (χ0v) is 33.8. The second kappa shape index (κ2) is 21.6. The number of rotatable bonds is 21. The average molecular weight is 776 g/mol. The van der Waals surface area contributed by atoms with Crippen molar-refractivity contribution in [3.8, 4) is 0 Å². The summed E-state index contributed by atoms with van der Waals surface area (Å²) in [6, 6.07) is 15.5. The minimum atomic E-state index is -1.02. The number of hydrogen-bond acceptors (Lipinski definition) is 9. The fourth-order valence-electron chi connectivity index (χ4n) is 6.68. The maximum absolute atomic E-state index is 14.3. The third-order valence-corrected chi connectivity index (χ3v) is 9.75. The van der Waals surface area contributed by atoms with E-state index in [1.54, 1.807) is 0 Å². The number of nitrogens with zero attached hydrogens (tertiary/aromatic N) is 2. The Hall–Kier alpha value is -4.66. The van der Waals surface area contributed by atoms with Crippen LogP contribution in [0.3, 0.4) is 0 Å². The van der Waals surface area contributed by atoms with Gasteiger partial charge in [0.2, 0.25) is 29.5 Å². The number of amides is 5. The van der Waals surface area contributed by atoms with Crippen molar-refractivity contribution in [2.24, 2.45) is 16.9 Å². The first-order valence-electron chi connectivity index (χ1n) is 19.8. The Kier molecular flexibility index (Phi) is 17.0. The van der Waals surface area contributed by atoms with Gasteiger partial charge in [-0.2, -0.15) is 5.10 Å². The Morgan fingerprint density at radius 3 is 1.82 bits per heavy atom. The van der Waals surface area contributed by atoms with Crippen LogP contribution in [0, 0.1) is 11.8 Å². The minimum absolute atomic E-state index is 0.00776. The van der Waals surface area contributed by atoms with Crippen molar-refractivity contribution in [1.29, 1.82) is 0 Å². The molecule has 0 aromatic heterocycles. The highest BCUT2D eigenvalue weighted by molar-refractivity contribution is 6.02. The van der Waals surface area contributed by atoms with E-state index < -0.39 is 47.5 Å². The molecule has 0 bridgehead atoms. The maximum Gasteiger partial charge on any atom is 0.243 e. The lowest BCUT2D eigenvalue weighted by Gasteiger charge is -2.29. The number of carbonyl (C=O) groups is 5. The van der Waals surface area contributed by atoms with Gasteiger partial charge in [0, 0.05) is 26.4 Å². The van der Waals surface area contributed by atoms with Gasteiger partial charge in [0.1, 0.15) is 23.7 Å². The smallest absolute Gasteiger partial charge is 0.243 e. The highest BCUT2D eigenvalue weighted by Crippen LogP contribution is 2.31. The number of aryl methyl sites for hydroxylation is 1. The second-order valence-electron chi connectivity index (χ2n) is 15.8. The molecule has 2 aromatic rings. The van der Waals surface area contributed by atoms with Crippen molar-refractivity contribution in [3.05, 3.63) is 71.8 Å². The summed E-state index contributed by atoms with van der Waals surface area (Å²) in [6.07, 6.45) is 1.83. The third-order valence-electron chi connectivity index (χ3n) is 9.75. The summed E-state index contributed by atoms with van der Waals surface area (Å²) in [7, 11) is 0. The van der Waals surface area contributed by atoms with E-state index in [2.05, 4.69) is 31.8 Å². The van der Waals surface area contributed by atoms with Crippen LogP contribution in [0.4, 0.5) is 0 Å². The molecule has 2 unspecified atom stereocenters. The Morgan fingerprint density at radius 1 is 0.732 bits per heavy atom.